The lowest BCUT2D eigenvalue weighted by Gasteiger charge is -2.43. The highest BCUT2D eigenvalue weighted by Gasteiger charge is 2.33. The first-order valence-electron chi connectivity index (χ1n) is 7.19. The van der Waals surface area contributed by atoms with Crippen LogP contribution in [0.5, 0.6) is 0 Å². The topological polar surface area (TPSA) is 38.5 Å². The standard InChI is InChI=1S/C15H21F3N2O/c1-3-10-8-21-9(2)7-20(10)15(6-19)11-4-13(17)14(18)5-12(11)16/h4-5,9-10,15H,3,6-8,19H2,1-2H3. The summed E-state index contributed by atoms with van der Waals surface area (Å²) < 4.78 is 46.2. The number of morpholine rings is 1. The van der Waals surface area contributed by atoms with Gasteiger partial charge in [0.15, 0.2) is 11.6 Å². The molecule has 3 atom stereocenters. The molecule has 0 amide bonds. The lowest BCUT2D eigenvalue weighted by Crippen LogP contribution is -2.51. The predicted molar refractivity (Wildman–Crippen MR) is 74.3 cm³/mol. The molecule has 118 valence electrons. The van der Waals surface area contributed by atoms with E-state index < -0.39 is 23.5 Å². The average molecular weight is 302 g/mol. The van der Waals surface area contributed by atoms with E-state index in [9.17, 15) is 13.2 Å². The van der Waals surface area contributed by atoms with Gasteiger partial charge in [-0.2, -0.15) is 0 Å². The number of halogens is 3. The van der Waals surface area contributed by atoms with Gasteiger partial charge in [-0.1, -0.05) is 6.92 Å². The van der Waals surface area contributed by atoms with E-state index in [4.69, 9.17) is 10.5 Å². The molecule has 21 heavy (non-hydrogen) atoms. The second-order valence-electron chi connectivity index (χ2n) is 5.44. The highest BCUT2D eigenvalue weighted by atomic mass is 19.2. The third kappa shape index (κ3) is 3.39. The maximum Gasteiger partial charge on any atom is 0.161 e. The molecule has 1 saturated heterocycles. The molecule has 1 aliphatic rings. The van der Waals surface area contributed by atoms with Gasteiger partial charge in [0.1, 0.15) is 5.82 Å². The number of hydrogen-bond acceptors (Lipinski definition) is 3. The number of nitrogens with two attached hydrogens (primary N) is 1. The molecule has 0 spiro atoms. The molecule has 0 aliphatic carbocycles. The van der Waals surface area contributed by atoms with Crippen molar-refractivity contribution in [1.82, 2.24) is 4.90 Å². The Hall–Kier alpha value is -1.11. The van der Waals surface area contributed by atoms with Gasteiger partial charge in [0.2, 0.25) is 0 Å². The number of hydrogen-bond donors (Lipinski definition) is 1. The molecule has 1 fully saturated rings. The molecule has 1 aromatic carbocycles. The molecule has 2 N–H and O–H groups in total. The van der Waals surface area contributed by atoms with Crippen LogP contribution < -0.4 is 5.73 Å². The zero-order valence-electron chi connectivity index (χ0n) is 12.3. The van der Waals surface area contributed by atoms with Crippen LogP contribution in [0.25, 0.3) is 0 Å². The second-order valence-corrected chi connectivity index (χ2v) is 5.44. The molecule has 0 radical (unpaired) electrons. The van der Waals surface area contributed by atoms with Crippen LogP contribution in [0.3, 0.4) is 0 Å². The van der Waals surface area contributed by atoms with Crippen molar-refractivity contribution in [2.45, 2.75) is 38.5 Å². The summed E-state index contributed by atoms with van der Waals surface area (Å²) in [5, 5.41) is 0. The Morgan fingerprint density at radius 2 is 1.95 bits per heavy atom. The summed E-state index contributed by atoms with van der Waals surface area (Å²) in [6.45, 7) is 5.17. The number of ether oxygens (including phenoxy) is 1. The van der Waals surface area contributed by atoms with Crippen molar-refractivity contribution in [2.75, 3.05) is 19.7 Å². The largest absolute Gasteiger partial charge is 0.376 e. The van der Waals surface area contributed by atoms with Crippen LogP contribution in [0.1, 0.15) is 31.9 Å². The zero-order chi connectivity index (χ0) is 15.6. The third-order valence-electron chi connectivity index (χ3n) is 4.00. The highest BCUT2D eigenvalue weighted by Crippen LogP contribution is 2.29. The van der Waals surface area contributed by atoms with Crippen LogP contribution >= 0.6 is 0 Å². The van der Waals surface area contributed by atoms with Crippen LogP contribution in [0.4, 0.5) is 13.2 Å². The first kappa shape index (κ1) is 16.3. The molecule has 1 aromatic rings. The van der Waals surface area contributed by atoms with Crippen molar-refractivity contribution in [3.05, 3.63) is 35.1 Å². The van der Waals surface area contributed by atoms with E-state index in [1.807, 2.05) is 18.7 Å². The van der Waals surface area contributed by atoms with Gasteiger partial charge in [-0.25, -0.2) is 13.2 Å². The quantitative estimate of drug-likeness (QED) is 0.869. The fourth-order valence-corrected chi connectivity index (χ4v) is 2.84. The molecule has 1 heterocycles. The normalized spacial score (nSPS) is 25.0. The Bertz CT molecular complexity index is 498. The van der Waals surface area contributed by atoms with Crippen molar-refractivity contribution in [1.29, 1.82) is 0 Å². The van der Waals surface area contributed by atoms with Crippen molar-refractivity contribution in [3.63, 3.8) is 0 Å². The van der Waals surface area contributed by atoms with Crippen LogP contribution in [0, 0.1) is 17.5 Å². The summed E-state index contributed by atoms with van der Waals surface area (Å²) in [7, 11) is 0. The van der Waals surface area contributed by atoms with Crippen molar-refractivity contribution in [2.24, 2.45) is 5.73 Å². The Morgan fingerprint density at radius 1 is 1.29 bits per heavy atom. The van der Waals surface area contributed by atoms with E-state index >= 15 is 0 Å². The van der Waals surface area contributed by atoms with Gasteiger partial charge in [0.05, 0.1) is 18.8 Å². The SMILES string of the molecule is CCC1COC(C)CN1C(CN)c1cc(F)c(F)cc1F. The van der Waals surface area contributed by atoms with Crippen LogP contribution in [0.2, 0.25) is 0 Å². The molecule has 3 nitrogen and oxygen atoms in total. The van der Waals surface area contributed by atoms with E-state index in [1.165, 1.54) is 0 Å². The van der Waals surface area contributed by atoms with Gasteiger partial charge < -0.3 is 10.5 Å². The van der Waals surface area contributed by atoms with Gasteiger partial charge in [-0.3, -0.25) is 4.90 Å². The van der Waals surface area contributed by atoms with Gasteiger partial charge in [0.25, 0.3) is 0 Å². The molecule has 0 saturated carbocycles. The zero-order valence-corrected chi connectivity index (χ0v) is 12.3. The molecule has 3 unspecified atom stereocenters. The summed E-state index contributed by atoms with van der Waals surface area (Å²) in [6, 6.07) is 1.09. The van der Waals surface area contributed by atoms with Crippen LogP contribution in [0.15, 0.2) is 12.1 Å². The lowest BCUT2D eigenvalue weighted by atomic mass is 9.99. The molecular formula is C15H21F3N2O. The fourth-order valence-electron chi connectivity index (χ4n) is 2.84. The van der Waals surface area contributed by atoms with E-state index in [0.717, 1.165) is 12.5 Å². The first-order valence-corrected chi connectivity index (χ1v) is 7.19. The Labute approximate surface area is 122 Å². The van der Waals surface area contributed by atoms with Crippen LogP contribution in [-0.4, -0.2) is 36.7 Å². The molecule has 2 rings (SSSR count). The van der Waals surface area contributed by atoms with Gasteiger partial charge >= 0.3 is 0 Å². The summed E-state index contributed by atoms with van der Waals surface area (Å²) in [5.74, 6) is -3.01. The van der Waals surface area contributed by atoms with E-state index in [0.29, 0.717) is 19.2 Å². The number of nitrogens with zero attached hydrogens (tertiary/aromatic N) is 1. The molecule has 0 bridgehead atoms. The monoisotopic (exact) mass is 302 g/mol. The van der Waals surface area contributed by atoms with Crippen molar-refractivity contribution < 1.29 is 17.9 Å². The van der Waals surface area contributed by atoms with Crippen molar-refractivity contribution >= 4 is 0 Å². The maximum absolute atomic E-state index is 14.0. The minimum atomic E-state index is -1.19. The molecule has 1 aliphatic heterocycles. The maximum atomic E-state index is 14.0. The van der Waals surface area contributed by atoms with E-state index in [-0.39, 0.29) is 24.3 Å². The average Bonchev–Trinajstić information content (AvgIpc) is 2.45. The smallest absolute Gasteiger partial charge is 0.161 e. The Morgan fingerprint density at radius 3 is 2.57 bits per heavy atom. The summed E-state index contributed by atoms with van der Waals surface area (Å²) in [6.07, 6.45) is 0.810. The number of rotatable bonds is 4. The molecule has 0 aromatic heterocycles. The summed E-state index contributed by atoms with van der Waals surface area (Å²) in [4.78, 5) is 2.03. The van der Waals surface area contributed by atoms with E-state index in [1.54, 1.807) is 0 Å². The third-order valence-corrected chi connectivity index (χ3v) is 4.00. The molecule has 6 heteroatoms. The highest BCUT2D eigenvalue weighted by molar-refractivity contribution is 5.24. The lowest BCUT2D eigenvalue weighted by molar-refractivity contribution is -0.0724. The Kier molecular flexibility index (Phi) is 5.24. The summed E-state index contributed by atoms with van der Waals surface area (Å²) >= 11 is 0. The first-order chi connectivity index (χ1) is 9.97. The molecular weight excluding hydrogens is 281 g/mol. The number of benzene rings is 1. The van der Waals surface area contributed by atoms with Gasteiger partial charge in [0, 0.05) is 30.8 Å². The van der Waals surface area contributed by atoms with Gasteiger partial charge in [-0.05, 0) is 19.4 Å². The van der Waals surface area contributed by atoms with E-state index in [2.05, 4.69) is 0 Å². The summed E-state index contributed by atoms with van der Waals surface area (Å²) in [5.41, 5.74) is 5.89. The van der Waals surface area contributed by atoms with Crippen LogP contribution in [-0.2, 0) is 4.74 Å². The van der Waals surface area contributed by atoms with Gasteiger partial charge in [-0.15, -0.1) is 0 Å². The Balaban J connectivity index is 2.35. The predicted octanol–water partition coefficient (Wildman–Crippen LogP) is 2.60. The second kappa shape index (κ2) is 6.77. The fraction of sp³-hybridized carbons (Fsp3) is 0.600. The van der Waals surface area contributed by atoms with Crippen molar-refractivity contribution in [3.8, 4) is 0 Å². The minimum absolute atomic E-state index is 0.00444. The minimum Gasteiger partial charge on any atom is -0.376 e.